The molecule has 1 aromatic rings. The Morgan fingerprint density at radius 2 is 2.31 bits per heavy atom. The maximum absolute atomic E-state index is 11.2. The number of carboxylic acid groups (broad SMARTS) is 1. The van der Waals surface area contributed by atoms with Gasteiger partial charge >= 0.3 is 5.97 Å². The molecule has 0 atom stereocenters. The molecule has 16 heavy (non-hydrogen) atoms. The molecule has 0 fully saturated rings. The maximum Gasteiger partial charge on any atom is 0.320 e. The van der Waals surface area contributed by atoms with Crippen LogP contribution in [-0.4, -0.2) is 35.0 Å². The van der Waals surface area contributed by atoms with Gasteiger partial charge in [0.1, 0.15) is 5.82 Å². The Balaban J connectivity index is 2.65. The molecule has 0 saturated carbocycles. The monoisotopic (exact) mass is 248 g/mol. The van der Waals surface area contributed by atoms with Crippen molar-refractivity contribution in [3.8, 4) is 0 Å². The number of carbonyl (C=O) groups is 1. The van der Waals surface area contributed by atoms with Crippen LogP contribution in [0, 0.1) is 0 Å². The van der Waals surface area contributed by atoms with E-state index in [1.807, 2.05) is 0 Å². The second-order valence-corrected chi connectivity index (χ2v) is 4.96. The minimum atomic E-state index is -3.83. The van der Waals surface area contributed by atoms with Crippen molar-refractivity contribution in [1.82, 2.24) is 14.5 Å². The number of aromatic nitrogens is 2. The van der Waals surface area contributed by atoms with E-state index in [1.54, 1.807) is 7.05 Å². The summed E-state index contributed by atoms with van der Waals surface area (Å²) in [6, 6.07) is 0. The standard InChI is InChI=1S/C7H12N4O4S/c1-11-7(8)5(2-9-11)3-10-16(14,15)4-6(12)13/h2,10H,3-4,8H2,1H3,(H,12,13). The van der Waals surface area contributed by atoms with Crippen LogP contribution >= 0.6 is 0 Å². The number of aliphatic carboxylic acids is 1. The first-order chi connectivity index (χ1) is 7.32. The Morgan fingerprint density at radius 3 is 2.75 bits per heavy atom. The van der Waals surface area contributed by atoms with Gasteiger partial charge in [-0.1, -0.05) is 0 Å². The normalized spacial score (nSPS) is 11.6. The summed E-state index contributed by atoms with van der Waals surface area (Å²) in [7, 11) is -2.21. The third kappa shape index (κ3) is 3.21. The largest absolute Gasteiger partial charge is 0.480 e. The summed E-state index contributed by atoms with van der Waals surface area (Å²) in [4.78, 5) is 10.2. The summed E-state index contributed by atoms with van der Waals surface area (Å²) in [5.41, 5.74) is 6.08. The molecule has 1 rings (SSSR count). The number of sulfonamides is 1. The van der Waals surface area contributed by atoms with Crippen molar-refractivity contribution in [3.05, 3.63) is 11.8 Å². The minimum absolute atomic E-state index is 0.0741. The van der Waals surface area contributed by atoms with Gasteiger partial charge in [-0.3, -0.25) is 9.48 Å². The van der Waals surface area contributed by atoms with Crippen molar-refractivity contribution in [2.24, 2.45) is 7.05 Å². The zero-order valence-electron chi connectivity index (χ0n) is 8.54. The number of carboxylic acids is 1. The zero-order chi connectivity index (χ0) is 12.3. The number of rotatable bonds is 5. The molecule has 8 nitrogen and oxygen atoms in total. The molecule has 0 aliphatic carbocycles. The number of anilines is 1. The van der Waals surface area contributed by atoms with Gasteiger partial charge in [0.05, 0.1) is 6.20 Å². The lowest BCUT2D eigenvalue weighted by atomic mass is 10.3. The number of hydrogen-bond donors (Lipinski definition) is 3. The highest BCUT2D eigenvalue weighted by molar-refractivity contribution is 7.90. The van der Waals surface area contributed by atoms with Crippen molar-refractivity contribution in [1.29, 1.82) is 0 Å². The fourth-order valence-electron chi connectivity index (χ4n) is 1.03. The summed E-state index contributed by atoms with van der Waals surface area (Å²) in [6.45, 7) is -0.0741. The average molecular weight is 248 g/mol. The van der Waals surface area contributed by atoms with Crippen LogP contribution in [-0.2, 0) is 28.4 Å². The zero-order valence-corrected chi connectivity index (χ0v) is 9.36. The number of nitrogen functional groups attached to an aromatic ring is 1. The molecule has 4 N–H and O–H groups in total. The number of hydrogen-bond acceptors (Lipinski definition) is 5. The van der Waals surface area contributed by atoms with Gasteiger partial charge < -0.3 is 10.8 Å². The molecule has 0 aliphatic heterocycles. The second-order valence-electron chi connectivity index (χ2n) is 3.15. The van der Waals surface area contributed by atoms with Crippen LogP contribution in [0.15, 0.2) is 6.20 Å². The van der Waals surface area contributed by atoms with Gasteiger partial charge in [0.2, 0.25) is 10.0 Å². The van der Waals surface area contributed by atoms with Gasteiger partial charge in [-0.05, 0) is 0 Å². The highest BCUT2D eigenvalue weighted by Crippen LogP contribution is 2.08. The lowest BCUT2D eigenvalue weighted by molar-refractivity contribution is -0.134. The molecular weight excluding hydrogens is 236 g/mol. The molecule has 0 saturated heterocycles. The van der Waals surface area contributed by atoms with Gasteiger partial charge in [-0.2, -0.15) is 5.10 Å². The first-order valence-corrected chi connectivity index (χ1v) is 5.92. The van der Waals surface area contributed by atoms with Crippen molar-refractivity contribution in [2.45, 2.75) is 6.54 Å². The van der Waals surface area contributed by atoms with Crippen molar-refractivity contribution in [3.63, 3.8) is 0 Å². The Morgan fingerprint density at radius 1 is 1.69 bits per heavy atom. The van der Waals surface area contributed by atoms with E-state index in [9.17, 15) is 13.2 Å². The van der Waals surface area contributed by atoms with Crippen molar-refractivity contribution in [2.75, 3.05) is 11.5 Å². The predicted molar refractivity (Wildman–Crippen MR) is 55.9 cm³/mol. The van der Waals surface area contributed by atoms with Gasteiger partial charge in [-0.15, -0.1) is 0 Å². The van der Waals surface area contributed by atoms with Crippen molar-refractivity contribution >= 4 is 21.8 Å². The van der Waals surface area contributed by atoms with E-state index < -0.39 is 21.7 Å². The number of nitrogens with two attached hydrogens (primary N) is 1. The van der Waals surface area contributed by atoms with E-state index in [4.69, 9.17) is 10.8 Å². The van der Waals surface area contributed by atoms with Crippen LogP contribution < -0.4 is 10.5 Å². The van der Waals surface area contributed by atoms with Crippen LogP contribution in [0.25, 0.3) is 0 Å². The highest BCUT2D eigenvalue weighted by Gasteiger charge is 2.16. The van der Waals surface area contributed by atoms with Crippen LogP contribution in [0.1, 0.15) is 5.56 Å². The van der Waals surface area contributed by atoms with Crippen LogP contribution in [0.5, 0.6) is 0 Å². The Bertz CT molecular complexity index is 492. The Kier molecular flexibility index (Phi) is 3.50. The molecular formula is C7H12N4O4S. The first kappa shape index (κ1) is 12.5. The maximum atomic E-state index is 11.2. The van der Waals surface area contributed by atoms with Gasteiger partial charge in [0.15, 0.2) is 5.75 Å². The summed E-state index contributed by atoms with van der Waals surface area (Å²) >= 11 is 0. The molecule has 0 aromatic carbocycles. The average Bonchev–Trinajstić information content (AvgIpc) is 2.43. The molecule has 9 heteroatoms. The molecule has 90 valence electrons. The third-order valence-corrected chi connectivity index (χ3v) is 3.07. The molecule has 0 radical (unpaired) electrons. The van der Waals surface area contributed by atoms with Gasteiger partial charge in [0.25, 0.3) is 0 Å². The molecule has 0 unspecified atom stereocenters. The number of nitrogens with one attached hydrogen (secondary N) is 1. The molecule has 0 spiro atoms. The fraction of sp³-hybridized carbons (Fsp3) is 0.429. The van der Waals surface area contributed by atoms with Gasteiger partial charge in [-0.25, -0.2) is 13.1 Å². The highest BCUT2D eigenvalue weighted by atomic mass is 32.2. The van der Waals surface area contributed by atoms with E-state index in [0.717, 1.165) is 0 Å². The van der Waals surface area contributed by atoms with Crippen LogP contribution in [0.4, 0.5) is 5.82 Å². The fourth-order valence-corrected chi connectivity index (χ4v) is 1.83. The second kappa shape index (κ2) is 4.49. The lowest BCUT2D eigenvalue weighted by Crippen LogP contribution is -2.29. The molecule has 0 amide bonds. The number of aryl methyl sites for hydroxylation is 1. The Labute approximate surface area is 92.1 Å². The third-order valence-electron chi connectivity index (χ3n) is 1.86. The SMILES string of the molecule is Cn1ncc(CNS(=O)(=O)CC(=O)O)c1N. The molecule has 0 bridgehead atoms. The van der Waals surface area contributed by atoms with Crippen LogP contribution in [0.3, 0.4) is 0 Å². The summed E-state index contributed by atoms with van der Waals surface area (Å²) in [5, 5.41) is 12.2. The van der Waals surface area contributed by atoms with E-state index in [1.165, 1.54) is 10.9 Å². The van der Waals surface area contributed by atoms with E-state index in [-0.39, 0.29) is 6.54 Å². The van der Waals surface area contributed by atoms with Gasteiger partial charge in [0, 0.05) is 19.2 Å². The van der Waals surface area contributed by atoms with E-state index in [0.29, 0.717) is 11.4 Å². The predicted octanol–water partition coefficient (Wildman–Crippen LogP) is -1.49. The quantitative estimate of drug-likeness (QED) is 0.582. The first-order valence-electron chi connectivity index (χ1n) is 4.27. The molecule has 1 aromatic heterocycles. The lowest BCUT2D eigenvalue weighted by Gasteiger charge is -2.03. The Hall–Kier alpha value is -1.61. The summed E-state index contributed by atoms with van der Waals surface area (Å²) in [6.07, 6.45) is 1.42. The summed E-state index contributed by atoms with van der Waals surface area (Å²) < 4.78 is 25.9. The van der Waals surface area contributed by atoms with Crippen molar-refractivity contribution < 1.29 is 18.3 Å². The van der Waals surface area contributed by atoms with E-state index >= 15 is 0 Å². The number of nitrogens with zero attached hydrogens (tertiary/aromatic N) is 2. The smallest absolute Gasteiger partial charge is 0.320 e. The topological polar surface area (TPSA) is 127 Å². The minimum Gasteiger partial charge on any atom is -0.480 e. The summed E-state index contributed by atoms with van der Waals surface area (Å²) in [5.74, 6) is -2.04. The molecule has 1 heterocycles. The van der Waals surface area contributed by atoms with Crippen LogP contribution in [0.2, 0.25) is 0 Å². The van der Waals surface area contributed by atoms with E-state index in [2.05, 4.69) is 9.82 Å². The molecule has 0 aliphatic rings.